The predicted molar refractivity (Wildman–Crippen MR) is 134 cm³/mol. The number of hydrogen-bond donors (Lipinski definition) is 1. The first kappa shape index (κ1) is 24.7. The van der Waals surface area contributed by atoms with E-state index in [-0.39, 0.29) is 71.1 Å². The van der Waals surface area contributed by atoms with E-state index in [0.29, 0.717) is 50.8 Å². The van der Waals surface area contributed by atoms with Gasteiger partial charge in [0.05, 0.1) is 29.8 Å². The quantitative estimate of drug-likeness (QED) is 0.363. The molecule has 4 bridgehead atoms. The van der Waals surface area contributed by atoms with Gasteiger partial charge < -0.3 is 10.1 Å². The first-order valence-electron chi connectivity index (χ1n) is 15.1. The van der Waals surface area contributed by atoms with Crippen molar-refractivity contribution >= 4 is 29.5 Å². The first-order valence-corrected chi connectivity index (χ1v) is 15.1. The topological polar surface area (TPSA) is 113 Å². The summed E-state index contributed by atoms with van der Waals surface area (Å²) >= 11 is 0. The van der Waals surface area contributed by atoms with Crippen molar-refractivity contribution in [2.45, 2.75) is 82.8 Å². The molecule has 0 aromatic carbocycles. The van der Waals surface area contributed by atoms with E-state index in [1.165, 1.54) is 9.80 Å². The zero-order valence-electron chi connectivity index (χ0n) is 22.0. The van der Waals surface area contributed by atoms with Crippen LogP contribution in [0.4, 0.5) is 0 Å². The van der Waals surface area contributed by atoms with Gasteiger partial charge in [0.15, 0.2) is 0 Å². The number of fused-ring (bicyclic) bond motifs is 10. The predicted octanol–water partition coefficient (Wildman–Crippen LogP) is 1.88. The number of carbonyl (C=O) groups is 5. The minimum Gasteiger partial charge on any atom is -0.376 e. The van der Waals surface area contributed by atoms with Crippen molar-refractivity contribution in [3.05, 3.63) is 0 Å². The van der Waals surface area contributed by atoms with Crippen LogP contribution in [0.1, 0.15) is 70.6 Å². The molecular weight excluding hydrogens is 486 g/mol. The smallest absolute Gasteiger partial charge is 0.243 e. The SMILES string of the molecule is O=C(NC[C@@H]1CCCO1)[C@H](CCCCN1C(=O)[C@@H]2[C@H]3CC[C@@H](C3)[C@@H]2C1=O)N1C(=O)[C@H]2[C@H]3CC[C@@H](C3)[C@@H]2C1=O. The lowest BCUT2D eigenvalue weighted by Gasteiger charge is -2.28. The largest absolute Gasteiger partial charge is 0.376 e. The van der Waals surface area contributed by atoms with Crippen molar-refractivity contribution in [2.75, 3.05) is 19.7 Å². The number of likely N-dealkylation sites (tertiary alicyclic amines) is 2. The highest BCUT2D eigenvalue weighted by molar-refractivity contribution is 6.09. The molecule has 9 heteroatoms. The van der Waals surface area contributed by atoms with Gasteiger partial charge in [-0.3, -0.25) is 33.8 Å². The van der Waals surface area contributed by atoms with Crippen LogP contribution in [0.5, 0.6) is 0 Å². The van der Waals surface area contributed by atoms with Gasteiger partial charge in [0.25, 0.3) is 0 Å². The number of nitrogens with zero attached hydrogens (tertiary/aromatic N) is 2. The van der Waals surface area contributed by atoms with Gasteiger partial charge >= 0.3 is 0 Å². The highest BCUT2D eigenvalue weighted by atomic mass is 16.5. The third-order valence-corrected chi connectivity index (χ3v) is 11.2. The molecule has 3 saturated heterocycles. The van der Waals surface area contributed by atoms with E-state index in [1.807, 2.05) is 0 Å². The van der Waals surface area contributed by atoms with Gasteiger partial charge in [-0.2, -0.15) is 0 Å². The summed E-state index contributed by atoms with van der Waals surface area (Å²) in [6, 6.07) is -0.846. The zero-order valence-corrected chi connectivity index (χ0v) is 22.0. The van der Waals surface area contributed by atoms with Gasteiger partial charge in [-0.1, -0.05) is 0 Å². The van der Waals surface area contributed by atoms with Crippen molar-refractivity contribution in [3.63, 3.8) is 0 Å². The van der Waals surface area contributed by atoms with Crippen molar-refractivity contribution in [3.8, 4) is 0 Å². The molecule has 1 N–H and O–H groups in total. The summed E-state index contributed by atoms with van der Waals surface area (Å²) in [7, 11) is 0. The number of rotatable bonds is 9. The molecule has 4 saturated carbocycles. The Morgan fingerprint density at radius 3 is 1.87 bits per heavy atom. The number of amides is 5. The van der Waals surface area contributed by atoms with Crippen molar-refractivity contribution in [1.82, 2.24) is 15.1 Å². The molecule has 7 fully saturated rings. The Kier molecular flexibility index (Phi) is 6.13. The van der Waals surface area contributed by atoms with Gasteiger partial charge in [-0.15, -0.1) is 0 Å². The van der Waals surface area contributed by atoms with Crippen LogP contribution >= 0.6 is 0 Å². The Bertz CT molecular complexity index is 999. The minimum atomic E-state index is -0.846. The fraction of sp³-hybridized carbons (Fsp3) is 0.828. The summed E-state index contributed by atoms with van der Waals surface area (Å²) in [6.45, 7) is 1.42. The van der Waals surface area contributed by atoms with Crippen molar-refractivity contribution in [1.29, 1.82) is 0 Å². The van der Waals surface area contributed by atoms with E-state index in [0.717, 1.165) is 51.4 Å². The summed E-state index contributed by atoms with van der Waals surface area (Å²) < 4.78 is 5.64. The van der Waals surface area contributed by atoms with Crippen LogP contribution < -0.4 is 5.32 Å². The molecule has 0 aromatic heterocycles. The summed E-state index contributed by atoms with van der Waals surface area (Å²) in [5, 5.41) is 2.96. The molecule has 9 nitrogen and oxygen atoms in total. The second-order valence-electron chi connectivity index (χ2n) is 13.0. The van der Waals surface area contributed by atoms with Crippen molar-refractivity contribution in [2.24, 2.45) is 47.3 Å². The molecule has 5 amide bonds. The Balaban J connectivity index is 1.01. The molecule has 0 spiro atoms. The summed E-state index contributed by atoms with van der Waals surface area (Å²) in [5.41, 5.74) is 0. The number of imide groups is 2. The van der Waals surface area contributed by atoms with Gasteiger partial charge in [-0.05, 0) is 94.3 Å². The van der Waals surface area contributed by atoms with E-state index < -0.39 is 6.04 Å². The molecule has 3 heterocycles. The number of carbonyl (C=O) groups excluding carboxylic acids is 5. The molecule has 3 aliphatic heterocycles. The second-order valence-corrected chi connectivity index (χ2v) is 13.0. The van der Waals surface area contributed by atoms with Crippen LogP contribution in [0.3, 0.4) is 0 Å². The highest BCUT2D eigenvalue weighted by Gasteiger charge is 2.63. The Hall–Kier alpha value is -2.29. The molecular formula is C29H39N3O6. The standard InChI is InChI=1S/C29H39N3O6/c33-25(30-14-19-4-3-11-38-19)20(32-28(36)23-17-8-9-18(13-17)24(23)29(32)37)5-1-2-10-31-26(34)21-15-6-7-16(12-15)22(21)27(31)35/h15-24H,1-14H2,(H,30,33)/t15-,16-,17-,18-,19-,20-,21-,22+,23-,24-/m0/s1. The summed E-state index contributed by atoms with van der Waals surface area (Å²) in [4.78, 5) is 69.2. The molecule has 7 rings (SSSR count). The van der Waals surface area contributed by atoms with E-state index in [9.17, 15) is 24.0 Å². The number of ether oxygens (including phenoxy) is 1. The van der Waals surface area contributed by atoms with Gasteiger partial charge in [0, 0.05) is 19.7 Å². The van der Waals surface area contributed by atoms with Crippen molar-refractivity contribution < 1.29 is 28.7 Å². The van der Waals surface area contributed by atoms with E-state index in [1.54, 1.807) is 0 Å². The fourth-order valence-electron chi connectivity index (χ4n) is 9.55. The van der Waals surface area contributed by atoms with E-state index in [4.69, 9.17) is 4.74 Å². The molecule has 10 atom stereocenters. The van der Waals surface area contributed by atoms with Crippen LogP contribution in [0.15, 0.2) is 0 Å². The maximum atomic E-state index is 13.5. The second kappa shape index (κ2) is 9.42. The molecule has 0 unspecified atom stereocenters. The number of hydrogen-bond acceptors (Lipinski definition) is 6. The molecule has 38 heavy (non-hydrogen) atoms. The lowest BCUT2D eigenvalue weighted by molar-refractivity contribution is -0.149. The van der Waals surface area contributed by atoms with Crippen LogP contribution in [0.2, 0.25) is 0 Å². The molecule has 4 aliphatic carbocycles. The van der Waals surface area contributed by atoms with Gasteiger partial charge in [-0.25, -0.2) is 0 Å². The third-order valence-electron chi connectivity index (χ3n) is 11.2. The lowest BCUT2D eigenvalue weighted by atomic mass is 9.81. The Labute approximate surface area is 223 Å². The van der Waals surface area contributed by atoms with Gasteiger partial charge in [0.1, 0.15) is 6.04 Å². The normalized spacial score (nSPS) is 41.5. The van der Waals surface area contributed by atoms with E-state index >= 15 is 0 Å². The molecule has 0 aromatic rings. The average Bonchev–Trinajstić information content (AvgIpc) is 3.76. The maximum absolute atomic E-state index is 13.5. The maximum Gasteiger partial charge on any atom is 0.243 e. The average molecular weight is 526 g/mol. The summed E-state index contributed by atoms with van der Waals surface area (Å²) in [5.74, 6) is -0.140. The monoisotopic (exact) mass is 525 g/mol. The molecule has 0 radical (unpaired) electrons. The zero-order chi connectivity index (χ0) is 26.1. The van der Waals surface area contributed by atoms with Crippen LogP contribution in [-0.4, -0.2) is 71.2 Å². The summed E-state index contributed by atoms with van der Waals surface area (Å²) in [6.07, 6.45) is 9.38. The molecule has 7 aliphatic rings. The lowest BCUT2D eigenvalue weighted by Crippen LogP contribution is -2.51. The first-order chi connectivity index (χ1) is 18.4. The fourth-order valence-corrected chi connectivity index (χ4v) is 9.55. The highest BCUT2D eigenvalue weighted by Crippen LogP contribution is 2.57. The van der Waals surface area contributed by atoms with Crippen LogP contribution in [0, 0.1) is 47.3 Å². The van der Waals surface area contributed by atoms with E-state index in [2.05, 4.69) is 5.32 Å². The Morgan fingerprint density at radius 1 is 0.789 bits per heavy atom. The molecule has 206 valence electrons. The Morgan fingerprint density at radius 2 is 1.34 bits per heavy atom. The van der Waals surface area contributed by atoms with Crippen LogP contribution in [0.25, 0.3) is 0 Å². The number of nitrogens with one attached hydrogen (secondary N) is 1. The third kappa shape index (κ3) is 3.70. The minimum absolute atomic E-state index is 0.00810. The van der Waals surface area contributed by atoms with Crippen LogP contribution in [-0.2, 0) is 28.7 Å². The van der Waals surface area contributed by atoms with Gasteiger partial charge in [0.2, 0.25) is 29.5 Å². The number of unbranched alkanes of at least 4 members (excludes halogenated alkanes) is 1.